The number of hydrazine groups is 1. The molecule has 5 nitrogen and oxygen atoms in total. The Balaban J connectivity index is 2.30. The minimum Gasteiger partial charge on any atom is -0.338 e. The fraction of sp³-hybridized carbons (Fsp3) is 0.0909. The zero-order chi connectivity index (χ0) is 13.1. The second-order valence-electron chi connectivity index (χ2n) is 3.62. The summed E-state index contributed by atoms with van der Waals surface area (Å²) < 4.78 is 26.5. The number of nitrogen functional groups attached to an aromatic ring is 1. The largest absolute Gasteiger partial charge is 0.338 e. The van der Waals surface area contributed by atoms with Gasteiger partial charge in [-0.05, 0) is 30.7 Å². The minimum absolute atomic E-state index is 0.0380. The molecule has 18 heavy (non-hydrogen) atoms. The molecule has 2 rings (SSSR count). The number of nitrogens with two attached hydrogens (primary N) is 1. The Hall–Kier alpha value is -2.28. The molecule has 94 valence electrons. The molecular weight excluding hydrogens is 240 g/mol. The van der Waals surface area contributed by atoms with Crippen molar-refractivity contribution >= 4 is 17.5 Å². The van der Waals surface area contributed by atoms with E-state index in [0.717, 1.165) is 6.20 Å². The molecule has 1 aromatic heterocycles. The Labute approximate surface area is 102 Å². The lowest BCUT2D eigenvalue weighted by molar-refractivity contribution is 0.617. The number of hydrogen-bond donors (Lipinski definition) is 3. The van der Waals surface area contributed by atoms with Crippen molar-refractivity contribution in [2.45, 2.75) is 6.92 Å². The molecule has 0 aliphatic carbocycles. The van der Waals surface area contributed by atoms with E-state index in [1.54, 1.807) is 13.0 Å². The van der Waals surface area contributed by atoms with Gasteiger partial charge >= 0.3 is 0 Å². The third-order valence-corrected chi connectivity index (χ3v) is 2.29. The van der Waals surface area contributed by atoms with E-state index in [-0.39, 0.29) is 17.6 Å². The van der Waals surface area contributed by atoms with Crippen LogP contribution in [0.5, 0.6) is 0 Å². The summed E-state index contributed by atoms with van der Waals surface area (Å²) in [5.74, 6) is 4.22. The van der Waals surface area contributed by atoms with Crippen LogP contribution >= 0.6 is 0 Å². The third kappa shape index (κ3) is 2.51. The number of anilines is 3. The maximum atomic E-state index is 13.4. The van der Waals surface area contributed by atoms with Gasteiger partial charge in [0.1, 0.15) is 5.82 Å². The van der Waals surface area contributed by atoms with E-state index in [0.29, 0.717) is 11.3 Å². The van der Waals surface area contributed by atoms with Gasteiger partial charge in [-0.25, -0.2) is 19.6 Å². The molecule has 2 aromatic rings. The molecular formula is C11H11F2N5. The van der Waals surface area contributed by atoms with Crippen LogP contribution in [0.15, 0.2) is 24.4 Å². The van der Waals surface area contributed by atoms with E-state index < -0.39 is 5.82 Å². The van der Waals surface area contributed by atoms with Crippen molar-refractivity contribution in [3.8, 4) is 0 Å². The molecule has 0 bridgehead atoms. The van der Waals surface area contributed by atoms with E-state index in [4.69, 9.17) is 5.84 Å². The summed E-state index contributed by atoms with van der Waals surface area (Å²) >= 11 is 0. The van der Waals surface area contributed by atoms with Gasteiger partial charge in [0.15, 0.2) is 11.6 Å². The molecule has 0 aliphatic rings. The first-order chi connectivity index (χ1) is 8.60. The maximum absolute atomic E-state index is 13.4. The molecule has 7 heteroatoms. The Morgan fingerprint density at radius 3 is 2.67 bits per heavy atom. The van der Waals surface area contributed by atoms with Gasteiger partial charge < -0.3 is 5.32 Å². The predicted molar refractivity (Wildman–Crippen MR) is 64.2 cm³/mol. The smallest absolute Gasteiger partial charge is 0.239 e. The fourth-order valence-corrected chi connectivity index (χ4v) is 1.38. The van der Waals surface area contributed by atoms with Crippen LogP contribution in [-0.2, 0) is 0 Å². The summed E-state index contributed by atoms with van der Waals surface area (Å²) in [5.41, 5.74) is 3.19. The highest BCUT2D eigenvalue weighted by Crippen LogP contribution is 2.20. The van der Waals surface area contributed by atoms with Crippen LogP contribution in [0.4, 0.5) is 26.2 Å². The van der Waals surface area contributed by atoms with Crippen molar-refractivity contribution in [2.75, 3.05) is 10.7 Å². The summed E-state index contributed by atoms with van der Waals surface area (Å²) in [6.07, 6.45) is 0.987. The topological polar surface area (TPSA) is 75.9 Å². The van der Waals surface area contributed by atoms with Gasteiger partial charge in [0, 0.05) is 5.69 Å². The Morgan fingerprint density at radius 2 is 2.00 bits per heavy atom. The molecule has 4 N–H and O–H groups in total. The first kappa shape index (κ1) is 12.2. The molecule has 1 heterocycles. The molecule has 0 amide bonds. The Morgan fingerprint density at radius 1 is 1.22 bits per heavy atom. The molecule has 1 aromatic carbocycles. The monoisotopic (exact) mass is 251 g/mol. The van der Waals surface area contributed by atoms with Gasteiger partial charge in [-0.1, -0.05) is 0 Å². The van der Waals surface area contributed by atoms with Crippen LogP contribution in [0.2, 0.25) is 0 Å². The van der Waals surface area contributed by atoms with E-state index in [9.17, 15) is 8.78 Å². The van der Waals surface area contributed by atoms with Crippen molar-refractivity contribution in [3.05, 3.63) is 41.6 Å². The van der Waals surface area contributed by atoms with E-state index in [1.807, 2.05) is 0 Å². The molecule has 0 unspecified atom stereocenters. The quantitative estimate of drug-likeness (QED) is 0.575. The summed E-state index contributed by atoms with van der Waals surface area (Å²) in [7, 11) is 0. The zero-order valence-electron chi connectivity index (χ0n) is 9.54. The maximum Gasteiger partial charge on any atom is 0.239 e. The van der Waals surface area contributed by atoms with Crippen molar-refractivity contribution in [1.82, 2.24) is 9.97 Å². The lowest BCUT2D eigenvalue weighted by atomic mass is 10.2. The van der Waals surface area contributed by atoms with Crippen molar-refractivity contribution in [3.63, 3.8) is 0 Å². The molecule has 0 aliphatic heterocycles. The van der Waals surface area contributed by atoms with Crippen LogP contribution in [0.1, 0.15) is 5.56 Å². The van der Waals surface area contributed by atoms with Gasteiger partial charge in [0.25, 0.3) is 0 Å². The summed E-state index contributed by atoms with van der Waals surface area (Å²) in [5, 5.41) is 2.73. The first-order valence-electron chi connectivity index (χ1n) is 5.12. The Bertz CT molecular complexity index is 573. The number of aryl methyl sites for hydroxylation is 1. The minimum atomic E-state index is -0.629. The third-order valence-electron chi connectivity index (χ3n) is 2.29. The van der Waals surface area contributed by atoms with E-state index in [1.165, 1.54) is 12.1 Å². The number of rotatable bonds is 3. The van der Waals surface area contributed by atoms with Gasteiger partial charge in [-0.2, -0.15) is 4.98 Å². The predicted octanol–water partition coefficient (Wildman–Crippen LogP) is 2.09. The Kier molecular flexibility index (Phi) is 3.33. The number of nitrogens with zero attached hydrogens (tertiary/aromatic N) is 2. The number of halogens is 2. The van der Waals surface area contributed by atoms with Crippen molar-refractivity contribution < 1.29 is 8.78 Å². The average Bonchev–Trinajstić information content (AvgIpc) is 2.36. The zero-order valence-corrected chi connectivity index (χ0v) is 9.54. The molecule has 0 spiro atoms. The fourth-order valence-electron chi connectivity index (χ4n) is 1.38. The molecule has 0 fully saturated rings. The second-order valence-corrected chi connectivity index (χ2v) is 3.62. The second kappa shape index (κ2) is 4.92. The summed E-state index contributed by atoms with van der Waals surface area (Å²) in [6, 6.07) is 4.32. The van der Waals surface area contributed by atoms with Gasteiger partial charge in [0.05, 0.1) is 6.20 Å². The molecule has 0 atom stereocenters. The average molecular weight is 251 g/mol. The van der Waals surface area contributed by atoms with Crippen LogP contribution in [0.25, 0.3) is 0 Å². The highest BCUT2D eigenvalue weighted by Gasteiger charge is 2.07. The standard InChI is InChI=1S/C11H11F2N5/c1-6-4-7(2-3-8(6)12)16-10-9(13)5-15-11(17-10)18-14/h2-5H,14H2,1H3,(H2,15,16,17,18). The van der Waals surface area contributed by atoms with Gasteiger partial charge in [-0.15, -0.1) is 0 Å². The summed E-state index contributed by atoms with van der Waals surface area (Å²) in [4.78, 5) is 7.42. The SMILES string of the molecule is Cc1cc(Nc2nc(NN)ncc2F)ccc1F. The van der Waals surface area contributed by atoms with Crippen LogP contribution in [0, 0.1) is 18.6 Å². The van der Waals surface area contributed by atoms with Crippen molar-refractivity contribution in [2.24, 2.45) is 5.84 Å². The number of hydrogen-bond acceptors (Lipinski definition) is 5. The lowest BCUT2D eigenvalue weighted by Crippen LogP contribution is -2.12. The van der Waals surface area contributed by atoms with Crippen LogP contribution in [-0.4, -0.2) is 9.97 Å². The van der Waals surface area contributed by atoms with Crippen molar-refractivity contribution in [1.29, 1.82) is 0 Å². The van der Waals surface area contributed by atoms with Gasteiger partial charge in [0.2, 0.25) is 5.95 Å². The summed E-state index contributed by atoms with van der Waals surface area (Å²) in [6.45, 7) is 1.61. The van der Waals surface area contributed by atoms with Crippen LogP contribution < -0.4 is 16.6 Å². The number of benzene rings is 1. The molecule has 0 saturated heterocycles. The highest BCUT2D eigenvalue weighted by molar-refractivity contribution is 5.58. The van der Waals surface area contributed by atoms with E-state index in [2.05, 4.69) is 20.7 Å². The normalized spacial score (nSPS) is 10.2. The first-order valence-corrected chi connectivity index (χ1v) is 5.12. The number of aromatic nitrogens is 2. The lowest BCUT2D eigenvalue weighted by Gasteiger charge is -2.08. The van der Waals surface area contributed by atoms with Crippen LogP contribution in [0.3, 0.4) is 0 Å². The molecule has 0 saturated carbocycles. The highest BCUT2D eigenvalue weighted by atomic mass is 19.1. The number of nitrogens with one attached hydrogen (secondary N) is 2. The van der Waals surface area contributed by atoms with Gasteiger partial charge in [-0.3, -0.25) is 5.43 Å². The van der Waals surface area contributed by atoms with E-state index >= 15 is 0 Å². The molecule has 0 radical (unpaired) electrons.